The molecule has 2 nitrogen and oxygen atoms in total. The molecular weight excluding hydrogens is 266 g/mol. The minimum Gasteiger partial charge on any atom is -0.493 e. The molecule has 0 saturated heterocycles. The fourth-order valence-electron chi connectivity index (χ4n) is 1.92. The van der Waals surface area contributed by atoms with Gasteiger partial charge in [-0.15, -0.1) is 6.58 Å². The number of benzene rings is 1. The van der Waals surface area contributed by atoms with E-state index in [1.807, 2.05) is 18.2 Å². The van der Waals surface area contributed by atoms with E-state index >= 15 is 0 Å². The average Bonchev–Trinajstić information content (AvgIpc) is 2.29. The van der Waals surface area contributed by atoms with Crippen molar-refractivity contribution in [2.75, 3.05) is 6.61 Å². The number of ether oxygens (including phenoxy) is 1. The monoisotopic (exact) mass is 281 g/mol. The van der Waals surface area contributed by atoms with Crippen LogP contribution >= 0.6 is 15.9 Å². The van der Waals surface area contributed by atoms with Crippen LogP contribution in [0.1, 0.15) is 24.9 Å². The lowest BCUT2D eigenvalue weighted by Gasteiger charge is -2.28. The van der Waals surface area contributed by atoms with E-state index in [0.717, 1.165) is 23.2 Å². The van der Waals surface area contributed by atoms with Gasteiger partial charge in [0.25, 0.3) is 0 Å². The van der Waals surface area contributed by atoms with Gasteiger partial charge in [-0.25, -0.2) is 0 Å². The molecule has 86 valence electrons. The van der Waals surface area contributed by atoms with Gasteiger partial charge in [0, 0.05) is 28.5 Å². The molecular formula is C13H16BrNO. The largest absolute Gasteiger partial charge is 0.493 e. The van der Waals surface area contributed by atoms with Crippen molar-refractivity contribution < 1.29 is 4.74 Å². The van der Waals surface area contributed by atoms with Gasteiger partial charge in [-0.1, -0.05) is 22.0 Å². The van der Waals surface area contributed by atoms with E-state index in [2.05, 4.69) is 40.8 Å². The molecule has 1 N–H and O–H groups in total. The van der Waals surface area contributed by atoms with Gasteiger partial charge in [0.2, 0.25) is 0 Å². The van der Waals surface area contributed by atoms with Gasteiger partial charge in [-0.2, -0.15) is 0 Å². The molecule has 1 aliphatic rings. The molecule has 0 spiro atoms. The van der Waals surface area contributed by atoms with Crippen LogP contribution in [0.5, 0.6) is 5.75 Å². The molecule has 2 atom stereocenters. The molecule has 0 aromatic heterocycles. The van der Waals surface area contributed by atoms with E-state index in [1.54, 1.807) is 0 Å². The molecule has 0 radical (unpaired) electrons. The van der Waals surface area contributed by atoms with Crippen LogP contribution in [0, 0.1) is 0 Å². The standard InChI is InChI=1S/C13H16BrNO/c1-3-9(2)15-12-6-7-16-13-5-4-10(14)8-11(12)13/h3-5,8-9,12,15H,1,6-7H2,2H3. The maximum Gasteiger partial charge on any atom is 0.124 e. The summed E-state index contributed by atoms with van der Waals surface area (Å²) in [5, 5.41) is 3.53. The van der Waals surface area contributed by atoms with Gasteiger partial charge < -0.3 is 10.1 Å². The van der Waals surface area contributed by atoms with Crippen molar-refractivity contribution in [3.63, 3.8) is 0 Å². The molecule has 1 heterocycles. The quantitative estimate of drug-likeness (QED) is 0.857. The van der Waals surface area contributed by atoms with Crippen molar-refractivity contribution in [2.24, 2.45) is 0 Å². The van der Waals surface area contributed by atoms with Gasteiger partial charge >= 0.3 is 0 Å². The Bertz CT molecular complexity index is 392. The summed E-state index contributed by atoms with van der Waals surface area (Å²) in [4.78, 5) is 0. The lowest BCUT2D eigenvalue weighted by molar-refractivity contribution is 0.249. The van der Waals surface area contributed by atoms with Gasteiger partial charge in [0.05, 0.1) is 6.61 Å². The zero-order chi connectivity index (χ0) is 11.5. The predicted molar refractivity (Wildman–Crippen MR) is 69.8 cm³/mol. The summed E-state index contributed by atoms with van der Waals surface area (Å²) in [6, 6.07) is 6.83. The third-order valence-corrected chi connectivity index (χ3v) is 3.32. The molecule has 0 saturated carbocycles. The van der Waals surface area contributed by atoms with Crippen LogP contribution in [0.3, 0.4) is 0 Å². The SMILES string of the molecule is C=CC(C)NC1CCOc2ccc(Br)cc21. The second-order valence-corrected chi connectivity index (χ2v) is 4.98. The topological polar surface area (TPSA) is 21.3 Å². The zero-order valence-corrected chi connectivity index (χ0v) is 11.0. The second kappa shape index (κ2) is 5.02. The summed E-state index contributed by atoms with van der Waals surface area (Å²) < 4.78 is 6.73. The lowest BCUT2D eigenvalue weighted by atomic mass is 10.00. The molecule has 3 heteroatoms. The van der Waals surface area contributed by atoms with Crippen molar-refractivity contribution in [3.05, 3.63) is 40.9 Å². The van der Waals surface area contributed by atoms with Crippen molar-refractivity contribution in [1.82, 2.24) is 5.32 Å². The molecule has 1 aromatic rings. The fourth-order valence-corrected chi connectivity index (χ4v) is 2.30. The molecule has 0 amide bonds. The Hall–Kier alpha value is -0.800. The summed E-state index contributed by atoms with van der Waals surface area (Å²) in [5.41, 5.74) is 1.23. The first-order valence-corrected chi connectivity index (χ1v) is 6.31. The van der Waals surface area contributed by atoms with Crippen LogP contribution in [0.15, 0.2) is 35.3 Å². The summed E-state index contributed by atoms with van der Waals surface area (Å²) in [6.07, 6.45) is 2.93. The van der Waals surface area contributed by atoms with Crippen LogP contribution in [0.25, 0.3) is 0 Å². The number of nitrogens with one attached hydrogen (secondary N) is 1. The van der Waals surface area contributed by atoms with Crippen LogP contribution in [-0.4, -0.2) is 12.6 Å². The summed E-state index contributed by atoms with van der Waals surface area (Å²) in [5.74, 6) is 0.989. The van der Waals surface area contributed by atoms with E-state index < -0.39 is 0 Å². The van der Waals surface area contributed by atoms with Crippen LogP contribution < -0.4 is 10.1 Å². The maximum absolute atomic E-state index is 5.64. The molecule has 1 aromatic carbocycles. The lowest BCUT2D eigenvalue weighted by Crippen LogP contribution is -2.32. The molecule has 0 bridgehead atoms. The first-order valence-electron chi connectivity index (χ1n) is 5.51. The van der Waals surface area contributed by atoms with Gasteiger partial charge in [0.15, 0.2) is 0 Å². The van der Waals surface area contributed by atoms with E-state index in [9.17, 15) is 0 Å². The van der Waals surface area contributed by atoms with E-state index in [1.165, 1.54) is 5.56 Å². The summed E-state index contributed by atoms with van der Waals surface area (Å²) in [7, 11) is 0. The highest BCUT2D eigenvalue weighted by atomic mass is 79.9. The Morgan fingerprint density at radius 2 is 2.44 bits per heavy atom. The van der Waals surface area contributed by atoms with Crippen molar-refractivity contribution in [3.8, 4) is 5.75 Å². The van der Waals surface area contributed by atoms with Crippen LogP contribution in [0.2, 0.25) is 0 Å². The van der Waals surface area contributed by atoms with Crippen molar-refractivity contribution >= 4 is 15.9 Å². The normalized spacial score (nSPS) is 20.8. The van der Waals surface area contributed by atoms with E-state index in [-0.39, 0.29) is 0 Å². The van der Waals surface area contributed by atoms with Crippen LogP contribution in [-0.2, 0) is 0 Å². The molecule has 1 aliphatic heterocycles. The Morgan fingerprint density at radius 1 is 1.62 bits per heavy atom. The van der Waals surface area contributed by atoms with E-state index in [4.69, 9.17) is 4.74 Å². The smallest absolute Gasteiger partial charge is 0.124 e. The molecule has 2 rings (SSSR count). The zero-order valence-electron chi connectivity index (χ0n) is 9.37. The summed E-state index contributed by atoms with van der Waals surface area (Å²) >= 11 is 3.50. The van der Waals surface area contributed by atoms with Crippen molar-refractivity contribution in [2.45, 2.75) is 25.4 Å². The number of fused-ring (bicyclic) bond motifs is 1. The number of hydrogen-bond acceptors (Lipinski definition) is 2. The molecule has 0 aliphatic carbocycles. The Morgan fingerprint density at radius 3 is 3.19 bits per heavy atom. The molecule has 2 unspecified atom stereocenters. The van der Waals surface area contributed by atoms with Gasteiger partial charge in [0.1, 0.15) is 5.75 Å². The molecule has 0 fully saturated rings. The van der Waals surface area contributed by atoms with Crippen LogP contribution in [0.4, 0.5) is 0 Å². The Kier molecular flexibility index (Phi) is 3.66. The predicted octanol–water partition coefficient (Wildman–Crippen LogP) is 3.44. The van der Waals surface area contributed by atoms with Gasteiger partial charge in [-0.05, 0) is 25.1 Å². The minimum atomic E-state index is 0.315. The number of hydrogen-bond donors (Lipinski definition) is 1. The highest BCUT2D eigenvalue weighted by Crippen LogP contribution is 2.34. The average molecular weight is 282 g/mol. The first-order chi connectivity index (χ1) is 7.70. The summed E-state index contributed by atoms with van der Waals surface area (Å²) in [6.45, 7) is 6.68. The number of halogens is 1. The minimum absolute atomic E-state index is 0.315. The Balaban J connectivity index is 2.24. The molecule has 16 heavy (non-hydrogen) atoms. The third-order valence-electron chi connectivity index (χ3n) is 2.83. The highest BCUT2D eigenvalue weighted by Gasteiger charge is 2.22. The van der Waals surface area contributed by atoms with Gasteiger partial charge in [-0.3, -0.25) is 0 Å². The van der Waals surface area contributed by atoms with E-state index in [0.29, 0.717) is 12.1 Å². The fraction of sp³-hybridized carbons (Fsp3) is 0.385. The third kappa shape index (κ3) is 2.47. The maximum atomic E-state index is 5.64. The second-order valence-electron chi connectivity index (χ2n) is 4.06. The van der Waals surface area contributed by atoms with Crippen molar-refractivity contribution in [1.29, 1.82) is 0 Å². The highest BCUT2D eigenvalue weighted by molar-refractivity contribution is 9.10. The first kappa shape index (κ1) is 11.7. The number of rotatable bonds is 3. The Labute approximate surface area is 105 Å².